The Morgan fingerprint density at radius 3 is 1.52 bits per heavy atom. The maximum atomic E-state index is 13.9. The van der Waals surface area contributed by atoms with E-state index in [2.05, 4.69) is 24.3 Å². The Bertz CT molecular complexity index is 1340. The van der Waals surface area contributed by atoms with Gasteiger partial charge in [0.15, 0.2) is 0 Å². The van der Waals surface area contributed by atoms with Gasteiger partial charge in [-0.2, -0.15) is 0 Å². The molecule has 3 heteroatoms. The minimum Gasteiger partial charge on any atom is -0.264 e. The van der Waals surface area contributed by atoms with Crippen molar-refractivity contribution in [2.45, 2.75) is 6.42 Å². The summed E-state index contributed by atoms with van der Waals surface area (Å²) in [6.45, 7) is 0. The van der Waals surface area contributed by atoms with Gasteiger partial charge < -0.3 is 0 Å². The normalized spacial score (nSPS) is 10.8. The lowest BCUT2D eigenvalue weighted by Gasteiger charge is -2.12. The fourth-order valence-corrected chi connectivity index (χ4v) is 4.05. The smallest absolute Gasteiger partial charge is 0.264 e. The van der Waals surface area contributed by atoms with E-state index >= 15 is 0 Å². The molecule has 0 saturated heterocycles. The lowest BCUT2D eigenvalue weighted by molar-refractivity contribution is 0.881. The average molecular weight is 402 g/mol. The molecular weight excluding hydrogens is 380 g/mol. The lowest BCUT2D eigenvalue weighted by Crippen LogP contribution is -2.23. The number of aromatic nitrogens is 2. The zero-order valence-electron chi connectivity index (χ0n) is 17.1. The Balaban J connectivity index is 1.87. The molecule has 0 aliphatic carbocycles. The fraction of sp³-hybridized carbons (Fsp3) is 0.0357. The summed E-state index contributed by atoms with van der Waals surface area (Å²) in [6, 6.07) is 40.2. The quantitative estimate of drug-likeness (QED) is 0.360. The highest BCUT2D eigenvalue weighted by atomic mass is 16.1. The summed E-state index contributed by atoms with van der Waals surface area (Å²) in [5.74, 6) is 0. The molecule has 4 aromatic carbocycles. The number of para-hydroxylation sites is 2. The molecule has 0 aliphatic rings. The van der Waals surface area contributed by atoms with Gasteiger partial charge in [-0.05, 0) is 29.8 Å². The van der Waals surface area contributed by atoms with Crippen LogP contribution in [-0.2, 0) is 6.42 Å². The highest BCUT2D eigenvalue weighted by molar-refractivity contribution is 5.67. The molecule has 3 nitrogen and oxygen atoms in total. The van der Waals surface area contributed by atoms with E-state index in [4.69, 9.17) is 0 Å². The van der Waals surface area contributed by atoms with Crippen LogP contribution < -0.4 is 5.69 Å². The van der Waals surface area contributed by atoms with Crippen LogP contribution in [0.25, 0.3) is 22.6 Å². The maximum Gasteiger partial charge on any atom is 0.338 e. The van der Waals surface area contributed by atoms with Crippen LogP contribution in [0.3, 0.4) is 0 Å². The van der Waals surface area contributed by atoms with E-state index in [1.165, 1.54) is 0 Å². The summed E-state index contributed by atoms with van der Waals surface area (Å²) in [5, 5.41) is 0. The van der Waals surface area contributed by atoms with Gasteiger partial charge in [-0.3, -0.25) is 9.13 Å². The van der Waals surface area contributed by atoms with Crippen molar-refractivity contribution in [3.8, 4) is 22.6 Å². The van der Waals surface area contributed by atoms with Gasteiger partial charge in [-0.15, -0.1) is 0 Å². The van der Waals surface area contributed by atoms with Crippen LogP contribution in [0.2, 0.25) is 0 Å². The van der Waals surface area contributed by atoms with Gasteiger partial charge in [-0.25, -0.2) is 4.79 Å². The second kappa shape index (κ2) is 8.33. The maximum absolute atomic E-state index is 13.9. The third-order valence-electron chi connectivity index (χ3n) is 5.44. The highest BCUT2D eigenvalue weighted by Crippen LogP contribution is 2.29. The molecule has 1 aromatic heterocycles. The number of nitrogens with zero attached hydrogens (tertiary/aromatic N) is 2. The first-order valence-electron chi connectivity index (χ1n) is 10.4. The Kier molecular flexibility index (Phi) is 5.07. The number of hydrogen-bond donors (Lipinski definition) is 0. The van der Waals surface area contributed by atoms with Crippen LogP contribution >= 0.6 is 0 Å². The predicted molar refractivity (Wildman–Crippen MR) is 126 cm³/mol. The fourth-order valence-electron chi connectivity index (χ4n) is 4.05. The topological polar surface area (TPSA) is 26.9 Å². The zero-order valence-corrected chi connectivity index (χ0v) is 17.1. The van der Waals surface area contributed by atoms with Crippen LogP contribution in [0, 0.1) is 0 Å². The minimum atomic E-state index is -0.0674. The second-order valence-electron chi connectivity index (χ2n) is 7.45. The molecule has 5 aromatic rings. The number of benzene rings is 4. The van der Waals surface area contributed by atoms with Crippen molar-refractivity contribution < 1.29 is 0 Å². The molecular formula is C28H22N2O. The molecule has 0 unspecified atom stereocenters. The number of rotatable bonds is 5. The van der Waals surface area contributed by atoms with E-state index in [1.54, 1.807) is 0 Å². The van der Waals surface area contributed by atoms with Crippen LogP contribution in [0.5, 0.6) is 0 Å². The molecule has 5 rings (SSSR count). The molecule has 1 heterocycles. The second-order valence-corrected chi connectivity index (χ2v) is 7.45. The molecule has 0 bridgehead atoms. The average Bonchev–Trinajstić information content (AvgIpc) is 3.13. The van der Waals surface area contributed by atoms with E-state index < -0.39 is 0 Å². The predicted octanol–water partition coefficient (Wildman–Crippen LogP) is 5.89. The Labute approximate surface area is 181 Å². The molecule has 31 heavy (non-hydrogen) atoms. The lowest BCUT2D eigenvalue weighted by atomic mass is 10.0. The minimum absolute atomic E-state index is 0.0674. The van der Waals surface area contributed by atoms with E-state index in [0.717, 1.165) is 33.9 Å². The van der Waals surface area contributed by atoms with Crippen molar-refractivity contribution in [2.75, 3.05) is 0 Å². The Morgan fingerprint density at radius 2 is 0.968 bits per heavy atom. The molecule has 0 amide bonds. The van der Waals surface area contributed by atoms with Crippen LogP contribution in [0.1, 0.15) is 11.3 Å². The van der Waals surface area contributed by atoms with Gasteiger partial charge >= 0.3 is 5.69 Å². The van der Waals surface area contributed by atoms with Gasteiger partial charge in [0.25, 0.3) is 0 Å². The standard InChI is InChI=1S/C28H22N2O/c31-28-29(24-17-9-3-10-18-24)26(21-22-13-5-1-6-14-22)27(23-15-7-2-8-16-23)30(28)25-19-11-4-12-20-25/h1-20H,21H2. The zero-order chi connectivity index (χ0) is 21.0. The van der Waals surface area contributed by atoms with Crippen molar-refractivity contribution in [1.29, 1.82) is 0 Å². The Hall–Kier alpha value is -4.11. The van der Waals surface area contributed by atoms with Gasteiger partial charge in [0.05, 0.1) is 22.8 Å². The van der Waals surface area contributed by atoms with Gasteiger partial charge in [0.1, 0.15) is 0 Å². The SMILES string of the molecule is O=c1n(-c2ccccc2)c(Cc2ccccc2)c(-c2ccccc2)n1-c1ccccc1. The van der Waals surface area contributed by atoms with Crippen molar-refractivity contribution in [3.63, 3.8) is 0 Å². The number of hydrogen-bond acceptors (Lipinski definition) is 1. The first-order valence-corrected chi connectivity index (χ1v) is 10.4. The van der Waals surface area contributed by atoms with Crippen molar-refractivity contribution in [2.24, 2.45) is 0 Å². The molecule has 0 fully saturated rings. The molecule has 0 atom stereocenters. The van der Waals surface area contributed by atoms with Crippen LogP contribution in [-0.4, -0.2) is 9.13 Å². The van der Waals surface area contributed by atoms with Gasteiger partial charge in [-0.1, -0.05) is 97.1 Å². The van der Waals surface area contributed by atoms with E-state index in [-0.39, 0.29) is 5.69 Å². The van der Waals surface area contributed by atoms with Crippen molar-refractivity contribution >= 4 is 0 Å². The van der Waals surface area contributed by atoms with E-state index in [0.29, 0.717) is 6.42 Å². The third kappa shape index (κ3) is 3.62. The molecule has 0 radical (unpaired) electrons. The summed E-state index contributed by atoms with van der Waals surface area (Å²) in [5.41, 5.74) is 5.73. The monoisotopic (exact) mass is 402 g/mol. The number of imidazole rings is 1. The summed E-state index contributed by atoms with van der Waals surface area (Å²) >= 11 is 0. The van der Waals surface area contributed by atoms with Crippen molar-refractivity contribution in [3.05, 3.63) is 143 Å². The Morgan fingerprint density at radius 1 is 0.516 bits per heavy atom. The van der Waals surface area contributed by atoms with Gasteiger partial charge in [0.2, 0.25) is 0 Å². The largest absolute Gasteiger partial charge is 0.338 e. The molecule has 0 aliphatic heterocycles. The van der Waals surface area contributed by atoms with Crippen LogP contribution in [0.15, 0.2) is 126 Å². The van der Waals surface area contributed by atoms with Crippen molar-refractivity contribution in [1.82, 2.24) is 9.13 Å². The van der Waals surface area contributed by atoms with E-state index in [1.807, 2.05) is 106 Å². The van der Waals surface area contributed by atoms with Gasteiger partial charge in [0, 0.05) is 12.0 Å². The molecule has 150 valence electrons. The van der Waals surface area contributed by atoms with Crippen LogP contribution in [0.4, 0.5) is 0 Å². The first kappa shape index (κ1) is 18.9. The molecule has 0 N–H and O–H groups in total. The van der Waals surface area contributed by atoms with E-state index in [9.17, 15) is 4.79 Å². The highest BCUT2D eigenvalue weighted by Gasteiger charge is 2.23. The molecule has 0 saturated carbocycles. The summed E-state index contributed by atoms with van der Waals surface area (Å²) in [6.07, 6.45) is 0.648. The third-order valence-corrected chi connectivity index (χ3v) is 5.44. The first-order chi connectivity index (χ1) is 15.3. The summed E-state index contributed by atoms with van der Waals surface area (Å²) < 4.78 is 3.68. The molecule has 0 spiro atoms. The summed E-state index contributed by atoms with van der Waals surface area (Å²) in [7, 11) is 0. The summed E-state index contributed by atoms with van der Waals surface area (Å²) in [4.78, 5) is 13.9.